The van der Waals surface area contributed by atoms with Crippen LogP contribution in [0.2, 0.25) is 0 Å². The van der Waals surface area contributed by atoms with Crippen LogP contribution < -0.4 is 21.1 Å². The predicted octanol–water partition coefficient (Wildman–Crippen LogP) is 2.65. The molecule has 0 bridgehead atoms. The first kappa shape index (κ1) is 21.5. The zero-order valence-electron chi connectivity index (χ0n) is 14.6. The number of hydrogen-bond acceptors (Lipinski definition) is 4. The number of nitrogens with one attached hydrogen (secondary N) is 2. The summed E-state index contributed by atoms with van der Waals surface area (Å²) >= 11 is 0. The van der Waals surface area contributed by atoms with E-state index in [1.54, 1.807) is 24.3 Å². The maximum Gasteiger partial charge on any atom is 0.226 e. The highest BCUT2D eigenvalue weighted by Crippen LogP contribution is 2.19. The van der Waals surface area contributed by atoms with Gasteiger partial charge < -0.3 is 21.1 Å². The highest BCUT2D eigenvalue weighted by molar-refractivity contribution is 5.91. The molecule has 2 aromatic rings. The Labute approximate surface area is 159 Å². The molecule has 2 amide bonds. The van der Waals surface area contributed by atoms with Crippen LogP contribution in [0.1, 0.15) is 24.9 Å². The molecule has 0 saturated heterocycles. The van der Waals surface area contributed by atoms with Crippen molar-refractivity contribution in [1.29, 1.82) is 0 Å². The third-order valence-electron chi connectivity index (χ3n) is 3.49. The first-order valence-electron chi connectivity index (χ1n) is 8.13. The molecule has 7 heteroatoms. The van der Waals surface area contributed by atoms with E-state index in [1.807, 2.05) is 30.3 Å². The molecule has 6 nitrogen and oxygen atoms in total. The van der Waals surface area contributed by atoms with Crippen LogP contribution >= 0.6 is 12.4 Å². The molecule has 0 fully saturated rings. The lowest BCUT2D eigenvalue weighted by atomic mass is 10.0. The molecule has 0 heterocycles. The summed E-state index contributed by atoms with van der Waals surface area (Å²) in [6, 6.07) is 16.1. The van der Waals surface area contributed by atoms with E-state index in [0.29, 0.717) is 24.6 Å². The average molecular weight is 378 g/mol. The lowest BCUT2D eigenvalue weighted by molar-refractivity contribution is -0.120. The van der Waals surface area contributed by atoms with Crippen molar-refractivity contribution < 1.29 is 14.3 Å². The lowest BCUT2D eigenvalue weighted by Gasteiger charge is -2.18. The molecule has 4 N–H and O–H groups in total. The van der Waals surface area contributed by atoms with Crippen LogP contribution in [0.3, 0.4) is 0 Å². The second kappa shape index (κ2) is 11.1. The Balaban J connectivity index is 0.00000338. The largest absolute Gasteiger partial charge is 0.492 e. The summed E-state index contributed by atoms with van der Waals surface area (Å²) in [4.78, 5) is 23.7. The van der Waals surface area contributed by atoms with E-state index in [1.165, 1.54) is 6.92 Å². The Kier molecular flexibility index (Phi) is 9.19. The Morgan fingerprint density at radius 1 is 1.08 bits per heavy atom. The second-order valence-corrected chi connectivity index (χ2v) is 5.58. The fourth-order valence-electron chi connectivity index (χ4n) is 2.39. The van der Waals surface area contributed by atoms with Crippen LogP contribution in [-0.2, 0) is 9.59 Å². The van der Waals surface area contributed by atoms with Crippen molar-refractivity contribution in [2.45, 2.75) is 19.4 Å². The minimum absolute atomic E-state index is 0. The van der Waals surface area contributed by atoms with Gasteiger partial charge in [0.1, 0.15) is 12.4 Å². The van der Waals surface area contributed by atoms with E-state index < -0.39 is 0 Å². The van der Waals surface area contributed by atoms with Gasteiger partial charge in [0.2, 0.25) is 11.8 Å². The molecule has 0 spiro atoms. The average Bonchev–Trinajstić information content (AvgIpc) is 2.61. The van der Waals surface area contributed by atoms with Crippen molar-refractivity contribution >= 4 is 29.9 Å². The molecule has 0 aliphatic carbocycles. The van der Waals surface area contributed by atoms with E-state index >= 15 is 0 Å². The molecule has 0 aromatic heterocycles. The number of rotatable bonds is 8. The van der Waals surface area contributed by atoms with Gasteiger partial charge in [0, 0.05) is 19.2 Å². The van der Waals surface area contributed by atoms with Crippen LogP contribution in [0.15, 0.2) is 54.6 Å². The number of anilines is 1. The van der Waals surface area contributed by atoms with Crippen molar-refractivity contribution in [2.75, 3.05) is 18.5 Å². The zero-order valence-corrected chi connectivity index (χ0v) is 15.4. The maximum atomic E-state index is 12.3. The summed E-state index contributed by atoms with van der Waals surface area (Å²) in [7, 11) is 0. The molecule has 0 saturated carbocycles. The van der Waals surface area contributed by atoms with Gasteiger partial charge in [0.05, 0.1) is 12.5 Å². The monoisotopic (exact) mass is 377 g/mol. The number of carbonyl (C=O) groups is 2. The molecule has 140 valence electrons. The minimum Gasteiger partial charge on any atom is -0.492 e. The van der Waals surface area contributed by atoms with Crippen LogP contribution in [0.4, 0.5) is 5.69 Å². The summed E-state index contributed by atoms with van der Waals surface area (Å²) in [6.45, 7) is 2.33. The Morgan fingerprint density at radius 3 is 2.31 bits per heavy atom. The second-order valence-electron chi connectivity index (χ2n) is 5.58. The van der Waals surface area contributed by atoms with Gasteiger partial charge >= 0.3 is 0 Å². The first-order valence-corrected chi connectivity index (χ1v) is 8.13. The molecule has 1 unspecified atom stereocenters. The van der Waals surface area contributed by atoms with Crippen molar-refractivity contribution in [3.63, 3.8) is 0 Å². The quantitative estimate of drug-likeness (QED) is 0.659. The van der Waals surface area contributed by atoms with Crippen LogP contribution in [0, 0.1) is 0 Å². The Morgan fingerprint density at radius 2 is 1.73 bits per heavy atom. The molecule has 1 atom stereocenters. The van der Waals surface area contributed by atoms with Crippen molar-refractivity contribution in [3.05, 3.63) is 60.2 Å². The van der Waals surface area contributed by atoms with E-state index in [0.717, 1.165) is 5.56 Å². The normalized spacial score (nSPS) is 11.0. The van der Waals surface area contributed by atoms with Gasteiger partial charge in [-0.2, -0.15) is 0 Å². The molecule has 2 aromatic carbocycles. The summed E-state index contributed by atoms with van der Waals surface area (Å²) in [5, 5.41) is 5.64. The van der Waals surface area contributed by atoms with Gasteiger partial charge in [-0.1, -0.05) is 30.3 Å². The van der Waals surface area contributed by atoms with Gasteiger partial charge in [-0.25, -0.2) is 0 Å². The Hall–Kier alpha value is -2.57. The van der Waals surface area contributed by atoms with Gasteiger partial charge in [-0.15, -0.1) is 12.4 Å². The standard InChI is InChI=1S/C19H23N3O3.ClH/c1-14(23)21-18(15-5-3-2-4-6-15)13-19(24)22-16-7-9-17(10-8-16)25-12-11-20;/h2-10,18H,11-13,20H2,1H3,(H,21,23)(H,22,24);1H. The predicted molar refractivity (Wildman–Crippen MR) is 104 cm³/mol. The summed E-state index contributed by atoms with van der Waals surface area (Å²) in [6.07, 6.45) is 0.148. The third kappa shape index (κ3) is 7.13. The van der Waals surface area contributed by atoms with Crippen molar-refractivity contribution in [3.8, 4) is 5.75 Å². The minimum atomic E-state index is -0.370. The fourth-order valence-corrected chi connectivity index (χ4v) is 2.39. The fraction of sp³-hybridized carbons (Fsp3) is 0.263. The van der Waals surface area contributed by atoms with Crippen molar-refractivity contribution in [2.24, 2.45) is 5.73 Å². The number of benzene rings is 2. The summed E-state index contributed by atoms with van der Waals surface area (Å²) in [5.74, 6) is 0.338. The lowest BCUT2D eigenvalue weighted by Crippen LogP contribution is -2.29. The molecule has 0 aliphatic heterocycles. The van der Waals surface area contributed by atoms with Crippen LogP contribution in [-0.4, -0.2) is 25.0 Å². The molecule has 26 heavy (non-hydrogen) atoms. The highest BCUT2D eigenvalue weighted by atomic mass is 35.5. The van der Waals surface area contributed by atoms with Gasteiger partial charge in [-0.3, -0.25) is 9.59 Å². The smallest absolute Gasteiger partial charge is 0.226 e. The van der Waals surface area contributed by atoms with Crippen molar-refractivity contribution in [1.82, 2.24) is 5.32 Å². The molecule has 0 aliphatic rings. The highest BCUT2D eigenvalue weighted by Gasteiger charge is 2.17. The first-order chi connectivity index (χ1) is 12.1. The number of nitrogens with two attached hydrogens (primary N) is 1. The van der Waals surface area contributed by atoms with E-state index in [2.05, 4.69) is 10.6 Å². The van der Waals surface area contributed by atoms with Crippen LogP contribution in [0.5, 0.6) is 5.75 Å². The number of ether oxygens (including phenoxy) is 1. The maximum absolute atomic E-state index is 12.3. The zero-order chi connectivity index (χ0) is 18.1. The van der Waals surface area contributed by atoms with E-state index in [-0.39, 0.29) is 36.7 Å². The van der Waals surface area contributed by atoms with Crippen LogP contribution in [0.25, 0.3) is 0 Å². The number of carbonyl (C=O) groups excluding carboxylic acids is 2. The summed E-state index contributed by atoms with van der Waals surface area (Å²) in [5.41, 5.74) is 6.94. The SMILES string of the molecule is CC(=O)NC(CC(=O)Nc1ccc(OCCN)cc1)c1ccccc1.Cl. The number of amides is 2. The molecule has 2 rings (SSSR count). The summed E-state index contributed by atoms with van der Waals surface area (Å²) < 4.78 is 5.40. The molecular formula is C19H24ClN3O3. The van der Waals surface area contributed by atoms with Gasteiger partial charge in [-0.05, 0) is 29.8 Å². The van der Waals surface area contributed by atoms with E-state index in [9.17, 15) is 9.59 Å². The van der Waals surface area contributed by atoms with Gasteiger partial charge in [0.25, 0.3) is 0 Å². The molecule has 0 radical (unpaired) electrons. The molecular weight excluding hydrogens is 354 g/mol. The Bertz CT molecular complexity index is 693. The van der Waals surface area contributed by atoms with Gasteiger partial charge in [0.15, 0.2) is 0 Å². The van der Waals surface area contributed by atoms with E-state index in [4.69, 9.17) is 10.5 Å². The number of hydrogen-bond donors (Lipinski definition) is 3. The topological polar surface area (TPSA) is 93.5 Å². The number of halogens is 1. The third-order valence-corrected chi connectivity index (χ3v) is 3.49.